The summed E-state index contributed by atoms with van der Waals surface area (Å²) >= 11 is 11.9. The van der Waals surface area contributed by atoms with Crippen molar-refractivity contribution in [2.45, 2.75) is 6.10 Å². The van der Waals surface area contributed by atoms with Gasteiger partial charge in [-0.15, -0.1) is 0 Å². The lowest BCUT2D eigenvalue weighted by atomic mass is 10.1. The third kappa shape index (κ3) is 4.03. The molecule has 0 bridgehead atoms. The molecular formula is C17H15Cl2NO3. The summed E-state index contributed by atoms with van der Waals surface area (Å²) < 4.78 is 5.41. The summed E-state index contributed by atoms with van der Waals surface area (Å²) in [6, 6.07) is 13.5. The van der Waals surface area contributed by atoms with Crippen LogP contribution in [0.15, 0.2) is 48.5 Å². The number of benzene rings is 2. The molecule has 1 amide bonds. The zero-order valence-electron chi connectivity index (χ0n) is 12.6. The van der Waals surface area contributed by atoms with Crippen LogP contribution in [0.25, 0.3) is 0 Å². The lowest BCUT2D eigenvalue weighted by Gasteiger charge is -2.21. The molecule has 120 valence electrons. The Morgan fingerprint density at radius 1 is 1.00 bits per heavy atom. The predicted octanol–water partition coefficient (Wildman–Crippen LogP) is 3.98. The second-order valence-corrected chi connectivity index (χ2v) is 5.82. The number of rotatable bonds is 4. The number of amides is 1. The molecule has 0 fully saturated rings. The molecule has 0 aliphatic carbocycles. The molecule has 2 aromatic rings. The Labute approximate surface area is 144 Å². The van der Waals surface area contributed by atoms with E-state index in [1.54, 1.807) is 50.5 Å². The third-order valence-electron chi connectivity index (χ3n) is 3.16. The van der Waals surface area contributed by atoms with E-state index in [1.807, 2.05) is 6.07 Å². The van der Waals surface area contributed by atoms with Gasteiger partial charge in [-0.3, -0.25) is 4.79 Å². The summed E-state index contributed by atoms with van der Waals surface area (Å²) in [6.07, 6.45) is -1.05. The molecule has 2 aromatic carbocycles. The molecule has 0 aliphatic rings. The number of carbonyl (C=O) groups is 2. The zero-order chi connectivity index (χ0) is 17.0. The van der Waals surface area contributed by atoms with E-state index >= 15 is 0 Å². The SMILES string of the molecule is CN(C)C(=O)[C@@H](OC(=O)c1cccc(Cl)c1Cl)c1ccccc1. The minimum atomic E-state index is -1.05. The number of hydrogen-bond acceptors (Lipinski definition) is 3. The van der Waals surface area contributed by atoms with Gasteiger partial charge in [0.15, 0.2) is 0 Å². The Morgan fingerprint density at radius 3 is 2.26 bits per heavy atom. The van der Waals surface area contributed by atoms with Gasteiger partial charge in [-0.05, 0) is 12.1 Å². The highest BCUT2D eigenvalue weighted by Gasteiger charge is 2.28. The average molecular weight is 352 g/mol. The van der Waals surface area contributed by atoms with Gasteiger partial charge in [0.1, 0.15) is 0 Å². The van der Waals surface area contributed by atoms with Gasteiger partial charge in [-0.1, -0.05) is 59.6 Å². The summed E-state index contributed by atoms with van der Waals surface area (Å²) in [6.45, 7) is 0. The molecule has 2 rings (SSSR count). The van der Waals surface area contributed by atoms with Crippen LogP contribution in [0.5, 0.6) is 0 Å². The quantitative estimate of drug-likeness (QED) is 0.782. The molecule has 0 heterocycles. The van der Waals surface area contributed by atoms with Gasteiger partial charge in [-0.2, -0.15) is 0 Å². The monoisotopic (exact) mass is 351 g/mol. The van der Waals surface area contributed by atoms with Crippen molar-refractivity contribution in [3.05, 3.63) is 69.7 Å². The van der Waals surface area contributed by atoms with Crippen LogP contribution in [0, 0.1) is 0 Å². The minimum absolute atomic E-state index is 0.100. The van der Waals surface area contributed by atoms with Crippen molar-refractivity contribution in [3.8, 4) is 0 Å². The third-order valence-corrected chi connectivity index (χ3v) is 3.98. The highest BCUT2D eigenvalue weighted by molar-refractivity contribution is 6.43. The number of halogens is 2. The van der Waals surface area contributed by atoms with Crippen molar-refractivity contribution in [1.82, 2.24) is 4.90 Å². The van der Waals surface area contributed by atoms with Crippen molar-refractivity contribution in [3.63, 3.8) is 0 Å². The Balaban J connectivity index is 2.33. The largest absolute Gasteiger partial charge is 0.444 e. The standard InChI is InChI=1S/C17H15Cl2NO3/c1-20(2)16(21)15(11-7-4-3-5-8-11)23-17(22)12-9-6-10-13(18)14(12)19/h3-10,15H,1-2H3/t15-/m0/s1. The van der Waals surface area contributed by atoms with E-state index in [1.165, 1.54) is 11.0 Å². The molecule has 0 aliphatic heterocycles. The summed E-state index contributed by atoms with van der Waals surface area (Å²) in [4.78, 5) is 26.1. The zero-order valence-corrected chi connectivity index (χ0v) is 14.1. The van der Waals surface area contributed by atoms with Gasteiger partial charge >= 0.3 is 5.97 Å². The summed E-state index contributed by atoms with van der Waals surface area (Å²) in [5.74, 6) is -1.05. The number of esters is 1. The first-order valence-corrected chi connectivity index (χ1v) is 7.58. The smallest absolute Gasteiger partial charge is 0.340 e. The normalized spacial score (nSPS) is 11.7. The fraction of sp³-hybridized carbons (Fsp3) is 0.176. The maximum absolute atomic E-state index is 12.4. The molecular weight excluding hydrogens is 337 g/mol. The lowest BCUT2D eigenvalue weighted by molar-refractivity contribution is -0.138. The van der Waals surface area contributed by atoms with Crippen LogP contribution >= 0.6 is 23.2 Å². The Kier molecular flexibility index (Phi) is 5.64. The van der Waals surface area contributed by atoms with Crippen LogP contribution in [-0.2, 0) is 9.53 Å². The molecule has 0 radical (unpaired) electrons. The van der Waals surface area contributed by atoms with Crippen molar-refractivity contribution >= 4 is 35.1 Å². The first-order chi connectivity index (χ1) is 10.9. The molecule has 0 N–H and O–H groups in total. The molecule has 0 saturated carbocycles. The summed E-state index contributed by atoms with van der Waals surface area (Å²) in [5.41, 5.74) is 0.698. The second kappa shape index (κ2) is 7.49. The molecule has 0 aromatic heterocycles. The Bertz CT molecular complexity index is 717. The van der Waals surface area contributed by atoms with Gasteiger partial charge in [0.2, 0.25) is 6.10 Å². The average Bonchev–Trinajstić information content (AvgIpc) is 2.55. The van der Waals surface area contributed by atoms with Gasteiger partial charge in [0.25, 0.3) is 5.91 Å². The number of nitrogens with zero attached hydrogens (tertiary/aromatic N) is 1. The van der Waals surface area contributed by atoms with Crippen LogP contribution in [0.3, 0.4) is 0 Å². The van der Waals surface area contributed by atoms with E-state index < -0.39 is 12.1 Å². The first-order valence-electron chi connectivity index (χ1n) is 6.83. The molecule has 0 spiro atoms. The van der Waals surface area contributed by atoms with Crippen LogP contribution in [0.1, 0.15) is 22.0 Å². The van der Waals surface area contributed by atoms with Crippen molar-refractivity contribution < 1.29 is 14.3 Å². The highest BCUT2D eigenvalue weighted by Crippen LogP contribution is 2.28. The second-order valence-electron chi connectivity index (χ2n) is 5.03. The lowest BCUT2D eigenvalue weighted by Crippen LogP contribution is -2.31. The van der Waals surface area contributed by atoms with Crippen LogP contribution in [0.2, 0.25) is 10.0 Å². The van der Waals surface area contributed by atoms with Crippen LogP contribution in [0.4, 0.5) is 0 Å². The van der Waals surface area contributed by atoms with Gasteiger partial charge in [-0.25, -0.2) is 4.79 Å². The maximum atomic E-state index is 12.4. The fourth-order valence-electron chi connectivity index (χ4n) is 1.96. The van der Waals surface area contributed by atoms with E-state index in [0.717, 1.165) is 0 Å². The van der Waals surface area contributed by atoms with Gasteiger partial charge < -0.3 is 9.64 Å². The van der Waals surface area contributed by atoms with Crippen LogP contribution in [-0.4, -0.2) is 30.9 Å². The number of hydrogen-bond donors (Lipinski definition) is 0. The first kappa shape index (κ1) is 17.3. The summed E-state index contributed by atoms with van der Waals surface area (Å²) in [5, 5.41) is 0.347. The van der Waals surface area contributed by atoms with E-state index in [-0.39, 0.29) is 21.5 Å². The number of carbonyl (C=O) groups excluding carboxylic acids is 2. The molecule has 6 heteroatoms. The van der Waals surface area contributed by atoms with Crippen LogP contribution < -0.4 is 0 Å². The molecule has 1 atom stereocenters. The van der Waals surface area contributed by atoms with Gasteiger partial charge in [0.05, 0.1) is 15.6 Å². The molecule has 0 saturated heterocycles. The number of likely N-dealkylation sites (N-methyl/N-ethyl adjacent to an activating group) is 1. The van der Waals surface area contributed by atoms with Gasteiger partial charge in [0, 0.05) is 19.7 Å². The minimum Gasteiger partial charge on any atom is -0.444 e. The Morgan fingerprint density at radius 2 is 1.65 bits per heavy atom. The predicted molar refractivity (Wildman–Crippen MR) is 89.8 cm³/mol. The van der Waals surface area contributed by atoms with Crippen molar-refractivity contribution in [2.75, 3.05) is 14.1 Å². The van der Waals surface area contributed by atoms with Crippen molar-refractivity contribution in [1.29, 1.82) is 0 Å². The van der Waals surface area contributed by atoms with Crippen molar-refractivity contribution in [2.24, 2.45) is 0 Å². The Hall–Kier alpha value is -2.04. The van der Waals surface area contributed by atoms with E-state index in [2.05, 4.69) is 0 Å². The number of ether oxygens (including phenoxy) is 1. The fourth-order valence-corrected chi connectivity index (χ4v) is 2.33. The molecule has 4 nitrogen and oxygen atoms in total. The maximum Gasteiger partial charge on any atom is 0.340 e. The van der Waals surface area contributed by atoms with E-state index in [4.69, 9.17) is 27.9 Å². The summed E-state index contributed by atoms with van der Waals surface area (Å²) in [7, 11) is 3.19. The molecule has 0 unspecified atom stereocenters. The van der Waals surface area contributed by atoms with E-state index in [9.17, 15) is 9.59 Å². The highest BCUT2D eigenvalue weighted by atomic mass is 35.5. The molecule has 23 heavy (non-hydrogen) atoms. The van der Waals surface area contributed by atoms with E-state index in [0.29, 0.717) is 5.56 Å². The topological polar surface area (TPSA) is 46.6 Å².